The van der Waals surface area contributed by atoms with Gasteiger partial charge in [0.05, 0.1) is 18.1 Å². The van der Waals surface area contributed by atoms with Crippen LogP contribution in [-0.4, -0.2) is 32.4 Å². The van der Waals surface area contributed by atoms with Crippen molar-refractivity contribution in [1.82, 2.24) is 5.06 Å². The lowest BCUT2D eigenvalue weighted by atomic mass is 9.97. The molecule has 0 aromatic heterocycles. The SMILES string of the molecule is CC.CC(C)(C)O.O.O=C1C[C@H](c2ccccc2)N1O. The standard InChI is InChI=1S/C9H9NO2.C4H10O.C2H6.H2O/c11-9-6-8(10(9)12)7-4-2-1-3-5-7;1-4(2,3)5;1-2;/h1-5,8,12H,6H2;5H,1-3H3;1-2H3;1H2/t8-;;;/m1.../s1. The Morgan fingerprint density at radius 1 is 1.15 bits per heavy atom. The highest BCUT2D eigenvalue weighted by atomic mass is 16.5. The zero-order chi connectivity index (χ0) is 15.1. The van der Waals surface area contributed by atoms with Gasteiger partial charge in [-0.3, -0.25) is 10.0 Å². The first-order chi connectivity index (χ1) is 8.79. The van der Waals surface area contributed by atoms with Crippen LogP contribution in [0.4, 0.5) is 0 Å². The largest absolute Gasteiger partial charge is 0.412 e. The Morgan fingerprint density at radius 2 is 1.55 bits per heavy atom. The Morgan fingerprint density at radius 3 is 1.85 bits per heavy atom. The third-order valence-electron chi connectivity index (χ3n) is 2.10. The summed E-state index contributed by atoms with van der Waals surface area (Å²) in [4.78, 5) is 10.7. The molecule has 1 aromatic rings. The summed E-state index contributed by atoms with van der Waals surface area (Å²) in [6.45, 7) is 9.23. The molecule has 0 saturated carbocycles. The van der Waals surface area contributed by atoms with E-state index < -0.39 is 5.60 Å². The summed E-state index contributed by atoms with van der Waals surface area (Å²) in [5.74, 6) is -0.205. The first-order valence-electron chi connectivity index (χ1n) is 6.57. The third-order valence-corrected chi connectivity index (χ3v) is 2.10. The minimum Gasteiger partial charge on any atom is -0.412 e. The van der Waals surface area contributed by atoms with Crippen molar-refractivity contribution in [2.75, 3.05) is 0 Å². The van der Waals surface area contributed by atoms with Crippen LogP contribution in [0.15, 0.2) is 30.3 Å². The molecule has 5 nitrogen and oxygen atoms in total. The molecule has 1 atom stereocenters. The first kappa shape index (κ1) is 20.9. The molecule has 1 aliphatic rings. The van der Waals surface area contributed by atoms with Gasteiger partial charge < -0.3 is 10.6 Å². The van der Waals surface area contributed by atoms with Gasteiger partial charge in [-0.1, -0.05) is 44.2 Å². The smallest absolute Gasteiger partial charge is 0.249 e. The summed E-state index contributed by atoms with van der Waals surface area (Å²) in [5.41, 5.74) is 0.486. The van der Waals surface area contributed by atoms with Crippen molar-refractivity contribution in [2.24, 2.45) is 0 Å². The van der Waals surface area contributed by atoms with Crippen LogP contribution >= 0.6 is 0 Å². The van der Waals surface area contributed by atoms with Crippen LogP contribution < -0.4 is 0 Å². The van der Waals surface area contributed by atoms with Crippen molar-refractivity contribution in [2.45, 2.75) is 52.7 Å². The average molecular weight is 285 g/mol. The second-order valence-corrected chi connectivity index (χ2v) is 5.04. The Labute approximate surface area is 121 Å². The quantitative estimate of drug-likeness (QED) is 0.612. The van der Waals surface area contributed by atoms with E-state index in [2.05, 4.69) is 0 Å². The van der Waals surface area contributed by atoms with Gasteiger partial charge in [0.15, 0.2) is 0 Å². The predicted octanol–water partition coefficient (Wildman–Crippen LogP) is 2.33. The van der Waals surface area contributed by atoms with Crippen LogP contribution in [0.3, 0.4) is 0 Å². The van der Waals surface area contributed by atoms with Gasteiger partial charge in [0.25, 0.3) is 0 Å². The predicted molar refractivity (Wildman–Crippen MR) is 79.4 cm³/mol. The molecule has 5 heteroatoms. The Balaban J connectivity index is 0. The summed E-state index contributed by atoms with van der Waals surface area (Å²) in [7, 11) is 0. The monoisotopic (exact) mass is 285 g/mol. The number of rotatable bonds is 1. The fraction of sp³-hybridized carbons (Fsp3) is 0.533. The van der Waals surface area contributed by atoms with Gasteiger partial charge in [0.1, 0.15) is 0 Å². The van der Waals surface area contributed by atoms with E-state index in [1.54, 1.807) is 20.8 Å². The first-order valence-corrected chi connectivity index (χ1v) is 6.57. The van der Waals surface area contributed by atoms with Crippen molar-refractivity contribution in [1.29, 1.82) is 0 Å². The fourth-order valence-electron chi connectivity index (χ4n) is 1.34. The molecule has 1 heterocycles. The van der Waals surface area contributed by atoms with E-state index in [0.717, 1.165) is 10.6 Å². The van der Waals surface area contributed by atoms with Crippen molar-refractivity contribution in [3.05, 3.63) is 35.9 Å². The molecule has 4 N–H and O–H groups in total. The number of benzene rings is 1. The van der Waals surface area contributed by atoms with E-state index >= 15 is 0 Å². The van der Waals surface area contributed by atoms with E-state index in [0.29, 0.717) is 6.42 Å². The highest BCUT2D eigenvalue weighted by Gasteiger charge is 2.35. The number of carbonyl (C=O) groups excluding carboxylic acids is 1. The van der Waals surface area contributed by atoms with Gasteiger partial charge in [-0.15, -0.1) is 0 Å². The maximum atomic E-state index is 10.7. The van der Waals surface area contributed by atoms with Crippen LogP contribution in [-0.2, 0) is 4.79 Å². The maximum absolute atomic E-state index is 10.7. The molecule has 0 unspecified atom stereocenters. The number of aliphatic hydroxyl groups is 1. The van der Waals surface area contributed by atoms with E-state index in [-0.39, 0.29) is 17.4 Å². The third kappa shape index (κ3) is 7.89. The number of carbonyl (C=O) groups is 1. The van der Waals surface area contributed by atoms with E-state index in [1.807, 2.05) is 44.2 Å². The molecule has 1 saturated heterocycles. The number of hydroxylamine groups is 2. The maximum Gasteiger partial charge on any atom is 0.249 e. The zero-order valence-electron chi connectivity index (χ0n) is 12.9. The molecule has 116 valence electrons. The Kier molecular flexibility index (Phi) is 9.89. The average Bonchev–Trinajstić information content (AvgIpc) is 2.37. The van der Waals surface area contributed by atoms with Crippen LogP contribution in [0.5, 0.6) is 0 Å². The van der Waals surface area contributed by atoms with Crippen molar-refractivity contribution < 1.29 is 20.6 Å². The number of amides is 1. The molecule has 0 radical (unpaired) electrons. The number of hydrogen-bond acceptors (Lipinski definition) is 3. The van der Waals surface area contributed by atoms with Gasteiger partial charge in [0.2, 0.25) is 5.91 Å². The number of nitrogens with zero attached hydrogens (tertiary/aromatic N) is 1. The highest BCUT2D eigenvalue weighted by molar-refractivity contribution is 5.82. The molecule has 0 aliphatic carbocycles. The summed E-state index contributed by atoms with van der Waals surface area (Å²) in [6.07, 6.45) is 0.417. The number of hydrogen-bond donors (Lipinski definition) is 2. The molecule has 0 spiro atoms. The summed E-state index contributed by atoms with van der Waals surface area (Å²) < 4.78 is 0. The lowest BCUT2D eigenvalue weighted by molar-refractivity contribution is -0.203. The molecule has 1 aliphatic heterocycles. The summed E-state index contributed by atoms with van der Waals surface area (Å²) >= 11 is 0. The second-order valence-electron chi connectivity index (χ2n) is 5.04. The summed E-state index contributed by atoms with van der Waals surface area (Å²) in [5, 5.41) is 18.4. The molecule has 20 heavy (non-hydrogen) atoms. The van der Waals surface area contributed by atoms with Crippen molar-refractivity contribution in [3.8, 4) is 0 Å². The topological polar surface area (TPSA) is 92.3 Å². The number of β-lactam (4-membered cyclic amide) rings is 1. The van der Waals surface area contributed by atoms with Crippen molar-refractivity contribution in [3.63, 3.8) is 0 Å². The van der Waals surface area contributed by atoms with Gasteiger partial charge >= 0.3 is 0 Å². The normalized spacial score (nSPS) is 16.6. The van der Waals surface area contributed by atoms with Gasteiger partial charge in [-0.25, -0.2) is 5.06 Å². The fourth-order valence-corrected chi connectivity index (χ4v) is 1.34. The molecular formula is C15H27NO4. The lowest BCUT2D eigenvalue weighted by Crippen LogP contribution is -2.43. The Hall–Kier alpha value is -1.43. The molecule has 2 rings (SSSR count). The molecule has 1 aromatic carbocycles. The molecular weight excluding hydrogens is 258 g/mol. The minimum absolute atomic E-state index is 0. The van der Waals surface area contributed by atoms with Crippen molar-refractivity contribution >= 4 is 5.91 Å². The van der Waals surface area contributed by atoms with Gasteiger partial charge in [-0.05, 0) is 26.3 Å². The molecule has 0 bridgehead atoms. The van der Waals surface area contributed by atoms with Gasteiger partial charge in [0, 0.05) is 0 Å². The van der Waals surface area contributed by atoms with Gasteiger partial charge in [-0.2, -0.15) is 0 Å². The minimum atomic E-state index is -0.500. The van der Waals surface area contributed by atoms with E-state index in [1.165, 1.54) is 0 Å². The molecule has 1 amide bonds. The van der Waals surface area contributed by atoms with Crippen LogP contribution in [0.25, 0.3) is 0 Å². The second kappa shape index (κ2) is 9.47. The summed E-state index contributed by atoms with van der Waals surface area (Å²) in [6, 6.07) is 9.38. The van der Waals surface area contributed by atoms with E-state index in [4.69, 9.17) is 10.3 Å². The van der Waals surface area contributed by atoms with Crippen LogP contribution in [0.2, 0.25) is 0 Å². The van der Waals surface area contributed by atoms with Crippen LogP contribution in [0.1, 0.15) is 52.6 Å². The zero-order valence-corrected chi connectivity index (χ0v) is 12.9. The van der Waals surface area contributed by atoms with Crippen LogP contribution in [0, 0.1) is 0 Å². The Bertz CT molecular complexity index is 367. The highest BCUT2D eigenvalue weighted by Crippen LogP contribution is 2.31. The van der Waals surface area contributed by atoms with E-state index in [9.17, 15) is 4.79 Å². The molecule has 1 fully saturated rings. The lowest BCUT2D eigenvalue weighted by Gasteiger charge is -2.34.